The molecule has 4 aromatic carbocycles. The van der Waals surface area contributed by atoms with Crippen LogP contribution in [0.3, 0.4) is 0 Å². The molecule has 0 fully saturated rings. The fourth-order valence-corrected chi connectivity index (χ4v) is 23.0. The number of fused-ring (bicyclic) bond motifs is 3. The molecule has 5 aromatic rings. The van der Waals surface area contributed by atoms with Gasteiger partial charge >= 0.3 is 0 Å². The third-order valence-electron chi connectivity index (χ3n) is 5.13. The summed E-state index contributed by atoms with van der Waals surface area (Å²) in [5, 5.41) is 2.53. The summed E-state index contributed by atoms with van der Waals surface area (Å²) in [6, 6.07) is 33.8. The topological polar surface area (TPSA) is 30.9 Å². The van der Waals surface area contributed by atoms with E-state index < -0.39 is 0 Å². The van der Waals surface area contributed by atoms with Crippen LogP contribution in [0.2, 0.25) is 0 Å². The van der Waals surface area contributed by atoms with Gasteiger partial charge in [-0.25, -0.2) is 0 Å². The number of para-hydroxylation sites is 2. The number of hydrogen-bond donors (Lipinski definition) is 1. The van der Waals surface area contributed by atoms with Crippen molar-refractivity contribution in [2.45, 2.75) is 0 Å². The predicted octanol–water partition coefficient (Wildman–Crippen LogP) is 6.01. The number of nitrogens with zero attached hydrogens (tertiary/aromatic N) is 1. The molecule has 2 N–H and O–H groups in total. The Kier molecular flexibility index (Phi) is 12.1. The molecule has 0 aliphatic rings. The first-order valence-corrected chi connectivity index (χ1v) is 23.8. The molecular formula is C24H18N2S11. The minimum absolute atomic E-state index is 0.784. The summed E-state index contributed by atoms with van der Waals surface area (Å²) in [4.78, 5) is 0. The molecular weight excluding hydrogens is 669 g/mol. The van der Waals surface area contributed by atoms with Crippen LogP contribution in [-0.4, -0.2) is 4.57 Å². The third kappa shape index (κ3) is 7.96. The number of aromatic nitrogens is 1. The van der Waals surface area contributed by atoms with Crippen molar-refractivity contribution in [3.05, 3.63) is 97.1 Å². The number of hydrogen-bond acceptors (Lipinski definition) is 3. The van der Waals surface area contributed by atoms with Gasteiger partial charge in [-0.2, -0.15) is 0 Å². The van der Waals surface area contributed by atoms with Crippen LogP contribution < -0.4 is 5.73 Å². The first-order valence-electron chi connectivity index (χ1n) is 10.4. The molecule has 2 nitrogen and oxygen atoms in total. The molecule has 0 unspecified atom stereocenters. The van der Waals surface area contributed by atoms with Crippen LogP contribution >= 0.6 is 0 Å². The summed E-state index contributed by atoms with van der Waals surface area (Å²) in [5.74, 6) is 0. The Morgan fingerprint density at radius 2 is 1.11 bits per heavy atom. The molecule has 0 aliphatic heterocycles. The van der Waals surface area contributed by atoms with E-state index in [1.807, 2.05) is 18.2 Å². The lowest BCUT2D eigenvalue weighted by molar-refractivity contribution is 1.18. The van der Waals surface area contributed by atoms with Gasteiger partial charge in [-0.15, -0.1) is 0 Å². The standard InChI is InChI=1S/C24H18N2.S11/c25-19-8-6-7-17(15-19)18-13-14-22-21-11-4-5-12-23(21)26(24(22)16-18)20-9-2-1-3-10-20;1-3-5-7-9-11-10-8-6-4-2/h1-16H,25H2;. The molecule has 0 atom stereocenters. The van der Waals surface area contributed by atoms with Crippen molar-refractivity contribution in [3.8, 4) is 16.8 Å². The van der Waals surface area contributed by atoms with Gasteiger partial charge in [-0.1, -0.05) is 60.7 Å². The normalized spacial score (nSPS) is 9.95. The van der Waals surface area contributed by atoms with Crippen LogP contribution in [0.25, 0.3) is 38.6 Å². The van der Waals surface area contributed by atoms with E-state index in [0.29, 0.717) is 0 Å². The van der Waals surface area contributed by atoms with Crippen LogP contribution in [0.15, 0.2) is 97.1 Å². The Morgan fingerprint density at radius 1 is 0.514 bits per heavy atom. The van der Waals surface area contributed by atoms with E-state index >= 15 is 0 Å². The quantitative estimate of drug-likeness (QED) is 0.231. The number of rotatable bonds is 2. The SMILES string of the molecule is Nc1cccc(-c2ccc3c4ccccc4n(-c4ccccc4)c3c2)c1.S=S=S=S=S=S=S=S=S=S=S. The zero-order valence-electron chi connectivity index (χ0n) is 18.8. The second-order valence-electron chi connectivity index (χ2n) is 7.16. The fraction of sp³-hybridized carbons (Fsp3) is 0. The average Bonchev–Trinajstić information content (AvgIpc) is 3.27. The maximum Gasteiger partial charge on any atom is 0.0547 e. The first-order chi connectivity index (χ1) is 18.2. The van der Waals surface area contributed by atoms with E-state index in [-0.39, 0.29) is 0 Å². The van der Waals surface area contributed by atoms with Gasteiger partial charge in [0.15, 0.2) is 0 Å². The second-order valence-corrected chi connectivity index (χ2v) is 23.1. The van der Waals surface area contributed by atoms with Gasteiger partial charge in [-0.05, 0) is 47.5 Å². The summed E-state index contributed by atoms with van der Waals surface area (Å²) in [5.41, 5.74) is 12.7. The molecule has 0 saturated heterocycles. The average molecular weight is 687 g/mol. The van der Waals surface area contributed by atoms with Crippen molar-refractivity contribution in [1.29, 1.82) is 0 Å². The highest BCUT2D eigenvalue weighted by Crippen LogP contribution is 2.34. The van der Waals surface area contributed by atoms with Gasteiger partial charge in [0.2, 0.25) is 0 Å². The first kappa shape index (κ1) is 28.9. The maximum absolute atomic E-state index is 5.99. The Balaban J connectivity index is 0.000000249. The predicted molar refractivity (Wildman–Crippen MR) is 192 cm³/mol. The molecule has 0 bridgehead atoms. The van der Waals surface area contributed by atoms with Gasteiger partial charge < -0.3 is 10.3 Å². The van der Waals surface area contributed by atoms with E-state index in [0.717, 1.165) is 11.3 Å². The highest BCUT2D eigenvalue weighted by atomic mass is 33.4. The van der Waals surface area contributed by atoms with Gasteiger partial charge in [0, 0.05) is 124 Å². The Morgan fingerprint density at radius 3 is 1.78 bits per heavy atom. The Labute approximate surface area is 251 Å². The van der Waals surface area contributed by atoms with Crippen molar-refractivity contribution in [2.24, 2.45) is 0 Å². The van der Waals surface area contributed by atoms with E-state index in [4.69, 9.17) is 5.73 Å². The zero-order valence-corrected chi connectivity index (χ0v) is 27.7. The fourth-order valence-electron chi connectivity index (χ4n) is 3.80. The van der Waals surface area contributed by atoms with E-state index in [2.05, 4.69) is 106 Å². The molecule has 190 valence electrons. The van der Waals surface area contributed by atoms with Crippen molar-refractivity contribution in [2.75, 3.05) is 5.73 Å². The van der Waals surface area contributed by atoms with Crippen molar-refractivity contribution in [1.82, 2.24) is 4.57 Å². The van der Waals surface area contributed by atoms with E-state index in [1.165, 1.54) is 50.8 Å². The van der Waals surface area contributed by atoms with Crippen LogP contribution in [-0.2, 0) is 102 Å². The molecule has 0 radical (unpaired) electrons. The monoisotopic (exact) mass is 686 g/mol. The molecule has 0 aliphatic carbocycles. The van der Waals surface area contributed by atoms with Gasteiger partial charge in [0.1, 0.15) is 0 Å². The summed E-state index contributed by atoms with van der Waals surface area (Å²) in [6.07, 6.45) is 0. The molecule has 5 rings (SSSR count). The van der Waals surface area contributed by atoms with Gasteiger partial charge in [0.25, 0.3) is 0 Å². The molecule has 0 amide bonds. The lowest BCUT2D eigenvalue weighted by atomic mass is 10.0. The highest BCUT2D eigenvalue weighted by Gasteiger charge is 2.12. The Hall–Kier alpha value is -1.10. The maximum atomic E-state index is 5.99. The van der Waals surface area contributed by atoms with Crippen molar-refractivity contribution >= 4 is 130 Å². The van der Waals surface area contributed by atoms with Crippen LogP contribution in [0.4, 0.5) is 5.69 Å². The largest absolute Gasteiger partial charge is 0.399 e. The van der Waals surface area contributed by atoms with E-state index in [9.17, 15) is 0 Å². The lowest BCUT2D eigenvalue weighted by Gasteiger charge is -2.09. The minimum Gasteiger partial charge on any atom is -0.399 e. The van der Waals surface area contributed by atoms with Gasteiger partial charge in [-0.3, -0.25) is 0 Å². The summed E-state index contributed by atoms with van der Waals surface area (Å²) >= 11 is 9.35. The van der Waals surface area contributed by atoms with E-state index in [1.54, 1.807) is 62.2 Å². The summed E-state index contributed by atoms with van der Waals surface area (Å²) < 4.78 is 2.33. The number of nitrogen functional groups attached to an aromatic ring is 1. The minimum atomic E-state index is 0.784. The zero-order chi connectivity index (χ0) is 25.9. The molecule has 0 spiro atoms. The smallest absolute Gasteiger partial charge is 0.0547 e. The highest BCUT2D eigenvalue weighted by molar-refractivity contribution is 8.74. The van der Waals surface area contributed by atoms with Crippen LogP contribution in [0, 0.1) is 0 Å². The molecule has 1 aromatic heterocycles. The van der Waals surface area contributed by atoms with Crippen LogP contribution in [0.5, 0.6) is 0 Å². The Bertz CT molecular complexity index is 1920. The number of benzene rings is 4. The molecule has 13 heteroatoms. The van der Waals surface area contributed by atoms with Crippen molar-refractivity contribution in [3.63, 3.8) is 0 Å². The van der Waals surface area contributed by atoms with Crippen molar-refractivity contribution < 1.29 is 0 Å². The van der Waals surface area contributed by atoms with Crippen LogP contribution in [0.1, 0.15) is 0 Å². The molecule has 1 heterocycles. The second kappa shape index (κ2) is 15.5. The number of anilines is 1. The van der Waals surface area contributed by atoms with Gasteiger partial charge in [0.05, 0.1) is 11.0 Å². The molecule has 0 saturated carbocycles. The molecule has 37 heavy (non-hydrogen) atoms. The summed E-state index contributed by atoms with van der Waals surface area (Å²) in [7, 11) is 14.5. The lowest BCUT2D eigenvalue weighted by Crippen LogP contribution is -1.93. The number of nitrogens with two attached hydrogens (primary N) is 1. The summed E-state index contributed by atoms with van der Waals surface area (Å²) in [6.45, 7) is 0. The third-order valence-corrected chi connectivity index (χ3v) is 22.9.